The van der Waals surface area contributed by atoms with Gasteiger partial charge < -0.3 is 11.1 Å². The fraction of sp³-hybridized carbons (Fsp3) is 0.571. The fourth-order valence-electron chi connectivity index (χ4n) is 2.40. The van der Waals surface area contributed by atoms with Crippen LogP contribution in [0.25, 0.3) is 5.65 Å². The normalized spacial score (nSPS) is 14.8. The van der Waals surface area contributed by atoms with Gasteiger partial charge in [-0.2, -0.15) is 4.98 Å². The van der Waals surface area contributed by atoms with Crippen molar-refractivity contribution in [3.05, 3.63) is 23.9 Å². The van der Waals surface area contributed by atoms with Gasteiger partial charge in [-0.1, -0.05) is 19.9 Å². The number of aryl methyl sites for hydroxylation is 1. The zero-order valence-electron chi connectivity index (χ0n) is 12.1. The Morgan fingerprint density at radius 3 is 2.79 bits per heavy atom. The highest BCUT2D eigenvalue weighted by molar-refractivity contribution is 5.45. The Bertz CT molecular complexity index is 560. The van der Waals surface area contributed by atoms with Crippen molar-refractivity contribution in [2.24, 2.45) is 11.7 Å². The van der Waals surface area contributed by atoms with Crippen molar-refractivity contribution in [2.75, 3.05) is 11.9 Å². The summed E-state index contributed by atoms with van der Waals surface area (Å²) < 4.78 is 1.80. The van der Waals surface area contributed by atoms with Gasteiger partial charge in [-0.15, -0.1) is 5.10 Å². The summed E-state index contributed by atoms with van der Waals surface area (Å²) in [7, 11) is 0. The van der Waals surface area contributed by atoms with Crippen LogP contribution in [0.1, 0.15) is 32.8 Å². The van der Waals surface area contributed by atoms with Gasteiger partial charge in [0.25, 0.3) is 0 Å². The number of fused-ring (bicyclic) bond motifs is 1. The lowest BCUT2D eigenvalue weighted by molar-refractivity contribution is 0.405. The van der Waals surface area contributed by atoms with E-state index in [1.165, 1.54) is 0 Å². The Morgan fingerprint density at radius 1 is 1.42 bits per heavy atom. The zero-order chi connectivity index (χ0) is 14.0. The van der Waals surface area contributed by atoms with Crippen LogP contribution < -0.4 is 11.1 Å². The molecule has 2 rings (SSSR count). The monoisotopic (exact) mass is 261 g/mol. The van der Waals surface area contributed by atoms with Crippen LogP contribution in [0.5, 0.6) is 0 Å². The molecule has 3 N–H and O–H groups in total. The van der Waals surface area contributed by atoms with Crippen LogP contribution >= 0.6 is 0 Å². The molecule has 0 fully saturated rings. The molecule has 5 nitrogen and oxygen atoms in total. The molecule has 2 aromatic rings. The molecule has 104 valence electrons. The van der Waals surface area contributed by atoms with E-state index in [1.54, 1.807) is 4.52 Å². The largest absolute Gasteiger partial charge is 0.346 e. The minimum Gasteiger partial charge on any atom is -0.346 e. The molecule has 0 aliphatic carbocycles. The average Bonchev–Trinajstić information content (AvgIpc) is 2.68. The molecule has 0 saturated heterocycles. The third-order valence-electron chi connectivity index (χ3n) is 3.20. The summed E-state index contributed by atoms with van der Waals surface area (Å²) in [5.41, 5.74) is 7.73. The lowest BCUT2D eigenvalue weighted by Gasteiger charge is -2.30. The number of nitrogens with one attached hydrogen (secondary N) is 1. The first-order valence-electron chi connectivity index (χ1n) is 6.73. The summed E-state index contributed by atoms with van der Waals surface area (Å²) in [5, 5.41) is 7.83. The van der Waals surface area contributed by atoms with Gasteiger partial charge in [0.2, 0.25) is 5.95 Å². The number of hydrogen-bond donors (Lipinski definition) is 2. The third kappa shape index (κ3) is 3.23. The fourth-order valence-corrected chi connectivity index (χ4v) is 2.40. The standard InChI is InChI=1S/C14H23N5/c1-10(2)7-14(4,9-15)17-13-16-12-6-5-11(3)8-19(12)18-13/h5-6,8,10H,7,9,15H2,1-4H3,(H,17,18). The van der Waals surface area contributed by atoms with E-state index in [0.29, 0.717) is 18.4 Å². The molecule has 0 aromatic carbocycles. The van der Waals surface area contributed by atoms with Crippen LogP contribution in [0.2, 0.25) is 0 Å². The van der Waals surface area contributed by atoms with Crippen molar-refractivity contribution < 1.29 is 0 Å². The molecule has 0 aliphatic heterocycles. The molecule has 0 spiro atoms. The maximum absolute atomic E-state index is 5.90. The van der Waals surface area contributed by atoms with Gasteiger partial charge in [-0.3, -0.25) is 0 Å². The van der Waals surface area contributed by atoms with Gasteiger partial charge in [-0.25, -0.2) is 4.52 Å². The van der Waals surface area contributed by atoms with Crippen LogP contribution in [0, 0.1) is 12.8 Å². The number of aromatic nitrogens is 3. The van der Waals surface area contributed by atoms with Crippen LogP contribution in [-0.4, -0.2) is 26.7 Å². The Balaban J connectivity index is 2.24. The quantitative estimate of drug-likeness (QED) is 0.866. The van der Waals surface area contributed by atoms with Gasteiger partial charge in [0.05, 0.1) is 0 Å². The molecule has 0 saturated carbocycles. The Hall–Kier alpha value is -1.62. The van der Waals surface area contributed by atoms with Gasteiger partial charge in [0, 0.05) is 18.3 Å². The highest BCUT2D eigenvalue weighted by Crippen LogP contribution is 2.20. The smallest absolute Gasteiger partial charge is 0.243 e. The van der Waals surface area contributed by atoms with Crippen molar-refractivity contribution in [2.45, 2.75) is 39.7 Å². The zero-order valence-corrected chi connectivity index (χ0v) is 12.1. The topological polar surface area (TPSA) is 68.2 Å². The molecule has 0 aliphatic rings. The molecule has 0 bridgehead atoms. The third-order valence-corrected chi connectivity index (χ3v) is 3.20. The maximum Gasteiger partial charge on any atom is 0.243 e. The minimum absolute atomic E-state index is 0.172. The second-order valence-corrected chi connectivity index (χ2v) is 5.93. The van der Waals surface area contributed by atoms with Crippen LogP contribution in [0.15, 0.2) is 18.3 Å². The first kappa shape index (κ1) is 13.8. The molecular formula is C14H23N5. The van der Waals surface area contributed by atoms with Crippen molar-refractivity contribution in [3.8, 4) is 0 Å². The average molecular weight is 261 g/mol. The Morgan fingerprint density at radius 2 is 2.16 bits per heavy atom. The van der Waals surface area contributed by atoms with E-state index >= 15 is 0 Å². The first-order valence-corrected chi connectivity index (χ1v) is 6.73. The molecule has 0 radical (unpaired) electrons. The van der Waals surface area contributed by atoms with Gasteiger partial charge >= 0.3 is 0 Å². The van der Waals surface area contributed by atoms with Crippen LogP contribution in [0.4, 0.5) is 5.95 Å². The van der Waals surface area contributed by atoms with E-state index in [4.69, 9.17) is 5.73 Å². The second kappa shape index (κ2) is 5.17. The molecule has 19 heavy (non-hydrogen) atoms. The van der Waals surface area contributed by atoms with Crippen LogP contribution in [-0.2, 0) is 0 Å². The maximum atomic E-state index is 5.90. The van der Waals surface area contributed by atoms with E-state index in [-0.39, 0.29) is 5.54 Å². The van der Waals surface area contributed by atoms with E-state index < -0.39 is 0 Å². The molecule has 2 heterocycles. The summed E-state index contributed by atoms with van der Waals surface area (Å²) in [6.07, 6.45) is 2.95. The number of nitrogens with two attached hydrogens (primary N) is 1. The predicted molar refractivity (Wildman–Crippen MR) is 78.3 cm³/mol. The van der Waals surface area contributed by atoms with E-state index in [2.05, 4.69) is 36.2 Å². The van der Waals surface area contributed by atoms with Crippen LogP contribution in [0.3, 0.4) is 0 Å². The number of rotatable bonds is 5. The van der Waals surface area contributed by atoms with Gasteiger partial charge in [-0.05, 0) is 37.8 Å². The summed E-state index contributed by atoms with van der Waals surface area (Å²) in [4.78, 5) is 4.48. The van der Waals surface area contributed by atoms with Crippen molar-refractivity contribution in [1.29, 1.82) is 0 Å². The lowest BCUT2D eigenvalue weighted by Crippen LogP contribution is -2.44. The molecule has 1 atom stereocenters. The lowest BCUT2D eigenvalue weighted by atomic mass is 9.91. The molecule has 0 amide bonds. The number of hydrogen-bond acceptors (Lipinski definition) is 4. The predicted octanol–water partition coefficient (Wildman–Crippen LogP) is 2.21. The van der Waals surface area contributed by atoms with Crippen molar-refractivity contribution >= 4 is 11.6 Å². The van der Waals surface area contributed by atoms with Crippen molar-refractivity contribution in [3.63, 3.8) is 0 Å². The molecule has 5 heteroatoms. The van der Waals surface area contributed by atoms with Crippen molar-refractivity contribution in [1.82, 2.24) is 14.6 Å². The first-order chi connectivity index (χ1) is 8.92. The Kier molecular flexibility index (Phi) is 3.75. The van der Waals surface area contributed by atoms with E-state index in [0.717, 1.165) is 17.6 Å². The molecule has 1 unspecified atom stereocenters. The summed E-state index contributed by atoms with van der Waals surface area (Å²) in [6, 6.07) is 4.00. The van der Waals surface area contributed by atoms with E-state index in [9.17, 15) is 0 Å². The van der Waals surface area contributed by atoms with Gasteiger partial charge in [0.15, 0.2) is 5.65 Å². The second-order valence-electron chi connectivity index (χ2n) is 5.93. The number of pyridine rings is 1. The highest BCUT2D eigenvalue weighted by atomic mass is 15.4. The highest BCUT2D eigenvalue weighted by Gasteiger charge is 2.25. The number of nitrogens with zero attached hydrogens (tertiary/aromatic N) is 3. The SMILES string of the molecule is Cc1ccc2nc(NC(C)(CN)CC(C)C)nn2c1. The molecule has 2 aromatic heterocycles. The summed E-state index contributed by atoms with van der Waals surface area (Å²) in [6.45, 7) is 9.09. The van der Waals surface area contributed by atoms with Gasteiger partial charge in [0.1, 0.15) is 0 Å². The number of anilines is 1. The Labute approximate surface area is 114 Å². The minimum atomic E-state index is -0.172. The van der Waals surface area contributed by atoms with E-state index in [1.807, 2.05) is 25.3 Å². The summed E-state index contributed by atoms with van der Waals surface area (Å²) >= 11 is 0. The summed E-state index contributed by atoms with van der Waals surface area (Å²) in [5.74, 6) is 1.21. The molecular weight excluding hydrogens is 238 g/mol.